The first kappa shape index (κ1) is 14.1. The smallest absolute Gasteiger partial charge is 0.198 e. The van der Waals surface area contributed by atoms with Gasteiger partial charge in [-0.05, 0) is 32.3 Å². The summed E-state index contributed by atoms with van der Waals surface area (Å²) in [6, 6.07) is 0. The standard InChI is InChI=1S/C12H18N4OS2/c1-7(2)17-10-11(13)15-19-12(10)16(4)5-9-8(3)14-6-18-9/h6-7H,5H2,1-4H3,(H2,13,15). The maximum atomic E-state index is 5.87. The molecule has 0 aromatic carbocycles. The second kappa shape index (κ2) is 5.75. The van der Waals surface area contributed by atoms with E-state index in [0.717, 1.165) is 17.2 Å². The zero-order chi connectivity index (χ0) is 14.0. The first-order valence-electron chi connectivity index (χ1n) is 6.01. The summed E-state index contributed by atoms with van der Waals surface area (Å²) in [5.41, 5.74) is 8.80. The van der Waals surface area contributed by atoms with Gasteiger partial charge >= 0.3 is 0 Å². The van der Waals surface area contributed by atoms with Gasteiger partial charge in [0.1, 0.15) is 0 Å². The van der Waals surface area contributed by atoms with Crippen LogP contribution < -0.4 is 15.4 Å². The van der Waals surface area contributed by atoms with E-state index < -0.39 is 0 Å². The van der Waals surface area contributed by atoms with E-state index >= 15 is 0 Å². The molecule has 7 heteroatoms. The van der Waals surface area contributed by atoms with Gasteiger partial charge in [0.15, 0.2) is 16.6 Å². The fourth-order valence-electron chi connectivity index (χ4n) is 1.64. The number of nitrogens with two attached hydrogens (primary N) is 1. The summed E-state index contributed by atoms with van der Waals surface area (Å²) in [5, 5.41) is 0.957. The van der Waals surface area contributed by atoms with E-state index in [2.05, 4.69) is 14.3 Å². The van der Waals surface area contributed by atoms with Gasteiger partial charge in [-0.1, -0.05) is 0 Å². The van der Waals surface area contributed by atoms with E-state index in [-0.39, 0.29) is 6.10 Å². The van der Waals surface area contributed by atoms with Crippen molar-refractivity contribution in [3.63, 3.8) is 0 Å². The summed E-state index contributed by atoms with van der Waals surface area (Å²) >= 11 is 3.02. The van der Waals surface area contributed by atoms with Crippen LogP contribution in [0.25, 0.3) is 0 Å². The fourth-order valence-corrected chi connectivity index (χ4v) is 3.18. The number of aryl methyl sites for hydroxylation is 1. The predicted molar refractivity (Wildman–Crippen MR) is 81.2 cm³/mol. The molecule has 104 valence electrons. The van der Waals surface area contributed by atoms with Gasteiger partial charge in [0.05, 0.1) is 23.9 Å². The summed E-state index contributed by atoms with van der Waals surface area (Å²) in [4.78, 5) is 7.61. The average Bonchev–Trinajstić information content (AvgIpc) is 2.87. The number of hydrogen-bond acceptors (Lipinski definition) is 7. The quantitative estimate of drug-likeness (QED) is 0.919. The Bertz CT molecular complexity index is 550. The second-order valence-electron chi connectivity index (χ2n) is 4.59. The molecule has 5 nitrogen and oxygen atoms in total. The third kappa shape index (κ3) is 3.16. The van der Waals surface area contributed by atoms with Gasteiger partial charge in [-0.2, -0.15) is 4.37 Å². The van der Waals surface area contributed by atoms with Gasteiger partial charge in [0.2, 0.25) is 0 Å². The number of aromatic nitrogens is 2. The highest BCUT2D eigenvalue weighted by Gasteiger charge is 2.19. The van der Waals surface area contributed by atoms with Crippen molar-refractivity contribution in [2.75, 3.05) is 17.7 Å². The number of rotatable bonds is 5. The summed E-state index contributed by atoms with van der Waals surface area (Å²) in [6.07, 6.45) is 0.0796. The Morgan fingerprint density at radius 1 is 1.47 bits per heavy atom. The minimum absolute atomic E-state index is 0.0796. The number of nitrogens with zero attached hydrogens (tertiary/aromatic N) is 3. The highest BCUT2D eigenvalue weighted by Crippen LogP contribution is 2.39. The molecule has 0 saturated heterocycles. The monoisotopic (exact) mass is 298 g/mol. The lowest BCUT2D eigenvalue weighted by atomic mass is 10.3. The lowest BCUT2D eigenvalue weighted by Gasteiger charge is -2.19. The van der Waals surface area contributed by atoms with Crippen molar-refractivity contribution < 1.29 is 4.74 Å². The molecule has 0 aliphatic carbocycles. The SMILES string of the molecule is Cc1ncsc1CN(C)c1snc(N)c1OC(C)C. The lowest BCUT2D eigenvalue weighted by molar-refractivity contribution is 0.245. The Kier molecular flexibility index (Phi) is 4.26. The minimum atomic E-state index is 0.0796. The van der Waals surface area contributed by atoms with Crippen LogP contribution in [0.15, 0.2) is 5.51 Å². The molecule has 0 spiro atoms. The number of ether oxygens (including phenoxy) is 1. The van der Waals surface area contributed by atoms with Gasteiger partial charge < -0.3 is 15.4 Å². The summed E-state index contributed by atoms with van der Waals surface area (Å²) in [7, 11) is 2.01. The Morgan fingerprint density at radius 3 is 2.79 bits per heavy atom. The Morgan fingerprint density at radius 2 is 2.21 bits per heavy atom. The maximum Gasteiger partial charge on any atom is 0.198 e. The summed E-state index contributed by atoms with van der Waals surface area (Å²) in [6.45, 7) is 6.77. The van der Waals surface area contributed by atoms with Crippen molar-refractivity contribution >= 4 is 33.7 Å². The molecule has 0 bridgehead atoms. The highest BCUT2D eigenvalue weighted by atomic mass is 32.1. The molecule has 0 atom stereocenters. The third-order valence-electron chi connectivity index (χ3n) is 2.58. The largest absolute Gasteiger partial charge is 0.484 e. The van der Waals surface area contributed by atoms with Crippen LogP contribution in [-0.4, -0.2) is 22.5 Å². The Labute approximate surface area is 121 Å². The Hall–Kier alpha value is -1.34. The Balaban J connectivity index is 2.19. The van der Waals surface area contributed by atoms with Crippen LogP contribution in [-0.2, 0) is 6.54 Å². The molecular formula is C12H18N4OS2. The van der Waals surface area contributed by atoms with Gasteiger partial charge in [-0.3, -0.25) is 0 Å². The normalized spacial score (nSPS) is 11.0. The predicted octanol–water partition coefficient (Wildman–Crippen LogP) is 2.91. The van der Waals surface area contributed by atoms with Crippen LogP contribution in [0, 0.1) is 6.92 Å². The molecule has 2 rings (SSSR count). The molecule has 19 heavy (non-hydrogen) atoms. The molecule has 0 radical (unpaired) electrons. The minimum Gasteiger partial charge on any atom is -0.484 e. The molecular weight excluding hydrogens is 280 g/mol. The van der Waals surface area contributed by atoms with Gasteiger partial charge in [0, 0.05) is 11.9 Å². The zero-order valence-electron chi connectivity index (χ0n) is 11.5. The molecule has 0 aliphatic rings. The van der Waals surface area contributed by atoms with E-state index in [1.54, 1.807) is 11.3 Å². The molecule has 0 saturated carbocycles. The van der Waals surface area contributed by atoms with Gasteiger partial charge in [0.25, 0.3) is 0 Å². The molecule has 0 fully saturated rings. The number of anilines is 2. The average molecular weight is 298 g/mol. The molecule has 0 unspecified atom stereocenters. The highest BCUT2D eigenvalue weighted by molar-refractivity contribution is 7.11. The van der Waals surface area contributed by atoms with Crippen molar-refractivity contribution in [3.8, 4) is 5.75 Å². The lowest BCUT2D eigenvalue weighted by Crippen LogP contribution is -2.17. The first-order valence-corrected chi connectivity index (χ1v) is 7.66. The molecule has 2 aromatic rings. The summed E-state index contributed by atoms with van der Waals surface area (Å²) < 4.78 is 9.94. The fraction of sp³-hybridized carbons (Fsp3) is 0.500. The van der Waals surface area contributed by atoms with E-state index in [4.69, 9.17) is 10.5 Å². The van der Waals surface area contributed by atoms with Crippen molar-refractivity contribution in [2.24, 2.45) is 0 Å². The van der Waals surface area contributed by atoms with Crippen LogP contribution in [0.1, 0.15) is 24.4 Å². The number of hydrogen-bond donors (Lipinski definition) is 1. The molecule has 2 heterocycles. The van der Waals surface area contributed by atoms with Crippen LogP contribution in [0.2, 0.25) is 0 Å². The van der Waals surface area contributed by atoms with Crippen LogP contribution in [0.3, 0.4) is 0 Å². The van der Waals surface area contributed by atoms with Gasteiger partial charge in [-0.25, -0.2) is 4.98 Å². The molecule has 2 N–H and O–H groups in total. The maximum absolute atomic E-state index is 5.87. The van der Waals surface area contributed by atoms with E-state index in [0.29, 0.717) is 11.6 Å². The second-order valence-corrected chi connectivity index (χ2v) is 6.28. The van der Waals surface area contributed by atoms with Crippen molar-refractivity contribution in [3.05, 3.63) is 16.1 Å². The van der Waals surface area contributed by atoms with Crippen molar-refractivity contribution in [1.29, 1.82) is 0 Å². The van der Waals surface area contributed by atoms with Crippen LogP contribution in [0.4, 0.5) is 10.8 Å². The number of thiazole rings is 1. The summed E-state index contributed by atoms with van der Waals surface area (Å²) in [5.74, 6) is 1.14. The molecule has 0 aliphatic heterocycles. The van der Waals surface area contributed by atoms with Crippen molar-refractivity contribution in [1.82, 2.24) is 9.36 Å². The first-order chi connectivity index (χ1) is 8.99. The topological polar surface area (TPSA) is 64.3 Å². The third-order valence-corrected chi connectivity index (χ3v) is 4.46. The van der Waals surface area contributed by atoms with Crippen molar-refractivity contribution in [2.45, 2.75) is 33.4 Å². The zero-order valence-corrected chi connectivity index (χ0v) is 13.1. The van der Waals surface area contributed by atoms with E-state index in [9.17, 15) is 0 Å². The van der Waals surface area contributed by atoms with E-state index in [1.165, 1.54) is 16.4 Å². The van der Waals surface area contributed by atoms with Crippen LogP contribution in [0.5, 0.6) is 5.75 Å². The van der Waals surface area contributed by atoms with Crippen LogP contribution >= 0.6 is 22.9 Å². The van der Waals surface area contributed by atoms with Gasteiger partial charge in [-0.15, -0.1) is 11.3 Å². The molecule has 0 amide bonds. The number of nitrogen functional groups attached to an aromatic ring is 1. The molecule has 2 aromatic heterocycles. The van der Waals surface area contributed by atoms with E-state index in [1.807, 2.05) is 33.3 Å².